The van der Waals surface area contributed by atoms with Crippen LogP contribution >= 0.6 is 11.3 Å². The summed E-state index contributed by atoms with van der Waals surface area (Å²) in [6.07, 6.45) is 13.8. The lowest BCUT2D eigenvalue weighted by Crippen LogP contribution is -2.41. The van der Waals surface area contributed by atoms with Crippen LogP contribution in [0, 0.1) is 11.8 Å². The maximum atomic E-state index is 12.1. The molecule has 31 heavy (non-hydrogen) atoms. The van der Waals surface area contributed by atoms with Gasteiger partial charge in [0.05, 0.1) is 10.6 Å². The van der Waals surface area contributed by atoms with Crippen molar-refractivity contribution in [2.75, 3.05) is 16.4 Å². The van der Waals surface area contributed by atoms with Crippen molar-refractivity contribution in [2.45, 2.75) is 77.2 Å². The van der Waals surface area contributed by atoms with Crippen LogP contribution < -0.4 is 4.90 Å². The van der Waals surface area contributed by atoms with Gasteiger partial charge in [0.15, 0.2) is 0 Å². The van der Waals surface area contributed by atoms with Gasteiger partial charge in [-0.05, 0) is 74.8 Å². The maximum absolute atomic E-state index is 12.1. The number of aliphatic hydroxyl groups is 1. The molecule has 0 amide bonds. The summed E-state index contributed by atoms with van der Waals surface area (Å²) in [4.78, 5) is 4.56. The molecule has 2 aliphatic carbocycles. The summed E-state index contributed by atoms with van der Waals surface area (Å²) >= 11 is 1.67. The normalized spacial score (nSPS) is 29.3. The molecule has 1 aromatic heterocycles. The molecule has 0 unspecified atom stereocenters. The number of rotatable bonds is 6. The largest absolute Gasteiger partial charge is 0.507 e. The van der Waals surface area contributed by atoms with Crippen molar-refractivity contribution in [1.29, 1.82) is 0 Å². The molecule has 170 valence electrons. The fourth-order valence-electron chi connectivity index (χ4n) is 5.40. The number of thiophene rings is 1. The molecule has 1 N–H and O–H groups in total. The van der Waals surface area contributed by atoms with Crippen LogP contribution in [0.15, 0.2) is 31.0 Å². The van der Waals surface area contributed by atoms with Gasteiger partial charge < -0.3 is 10.0 Å². The first-order valence-electron chi connectivity index (χ1n) is 12.0. The Labute approximate surface area is 194 Å². The zero-order valence-electron chi connectivity index (χ0n) is 18.9. The molecule has 0 aromatic carbocycles. The Balaban J connectivity index is 1.71. The van der Waals surface area contributed by atoms with Gasteiger partial charge in [-0.25, -0.2) is 0 Å². The molecule has 0 radical (unpaired) electrons. The van der Waals surface area contributed by atoms with E-state index < -0.39 is 10.8 Å². The van der Waals surface area contributed by atoms with Crippen LogP contribution in [-0.4, -0.2) is 26.9 Å². The number of nitrogens with zero attached hydrogens (tertiary/aromatic N) is 1. The predicted octanol–water partition coefficient (Wildman–Crippen LogP) is 7.29. The molecule has 1 aromatic rings. The molecular weight excluding hydrogens is 422 g/mol. The molecule has 1 aliphatic heterocycles. The molecule has 3 nitrogen and oxygen atoms in total. The fraction of sp³-hybridized carbons (Fsp3) is 0.615. The Kier molecular flexibility index (Phi) is 7.43. The van der Waals surface area contributed by atoms with Gasteiger partial charge >= 0.3 is 0 Å². The standard InChI is InChI=1S/C26H37NO2S2/c1-18-9-11-21(12-10-18)19(2)27(23-13-15-31(29)16-14-23)24-17-25(30-26(24)20(3)28)22-7-5-4-6-8-22/h7,17-18,21,23,28H,2-6,8-16H2,1H3. The second-order valence-electron chi connectivity index (χ2n) is 9.64. The first-order valence-corrected chi connectivity index (χ1v) is 14.3. The fourth-order valence-corrected chi connectivity index (χ4v) is 7.76. The topological polar surface area (TPSA) is 40.5 Å². The molecule has 0 bridgehead atoms. The molecule has 0 atom stereocenters. The summed E-state index contributed by atoms with van der Waals surface area (Å²) < 4.78 is 12.1. The molecule has 4 rings (SSSR count). The first-order chi connectivity index (χ1) is 14.9. The lowest BCUT2D eigenvalue weighted by atomic mass is 9.81. The van der Waals surface area contributed by atoms with E-state index in [1.54, 1.807) is 11.3 Å². The van der Waals surface area contributed by atoms with Crippen molar-refractivity contribution in [3.63, 3.8) is 0 Å². The Morgan fingerprint density at radius 3 is 2.45 bits per heavy atom. The summed E-state index contributed by atoms with van der Waals surface area (Å²) in [5.41, 5.74) is 3.67. The highest BCUT2D eigenvalue weighted by atomic mass is 32.2. The highest BCUT2D eigenvalue weighted by molar-refractivity contribution is 7.85. The summed E-state index contributed by atoms with van der Waals surface area (Å²) in [5.74, 6) is 2.95. The van der Waals surface area contributed by atoms with Crippen LogP contribution in [0.5, 0.6) is 0 Å². The average Bonchev–Trinajstić information content (AvgIpc) is 3.22. The molecule has 2 heterocycles. The van der Waals surface area contributed by atoms with E-state index in [1.807, 2.05) is 0 Å². The van der Waals surface area contributed by atoms with Gasteiger partial charge in [0, 0.05) is 38.9 Å². The molecule has 2 fully saturated rings. The van der Waals surface area contributed by atoms with E-state index in [9.17, 15) is 9.32 Å². The Hall–Kier alpha value is -1.33. The van der Waals surface area contributed by atoms with Crippen molar-refractivity contribution < 1.29 is 9.32 Å². The van der Waals surface area contributed by atoms with Crippen molar-refractivity contribution in [3.8, 4) is 0 Å². The highest BCUT2D eigenvalue weighted by Crippen LogP contribution is 2.45. The Bertz CT molecular complexity index is 866. The molecule has 1 saturated heterocycles. The average molecular weight is 460 g/mol. The van der Waals surface area contributed by atoms with Crippen LogP contribution in [-0.2, 0) is 10.8 Å². The van der Waals surface area contributed by atoms with E-state index in [2.05, 4.69) is 37.1 Å². The predicted molar refractivity (Wildman–Crippen MR) is 136 cm³/mol. The van der Waals surface area contributed by atoms with Crippen molar-refractivity contribution in [2.24, 2.45) is 11.8 Å². The maximum Gasteiger partial charge on any atom is 0.127 e. The monoisotopic (exact) mass is 459 g/mol. The Morgan fingerprint density at radius 2 is 1.84 bits per heavy atom. The lowest BCUT2D eigenvalue weighted by Gasteiger charge is -2.41. The molecule has 1 saturated carbocycles. The third-order valence-electron chi connectivity index (χ3n) is 7.36. The summed E-state index contributed by atoms with van der Waals surface area (Å²) in [6, 6.07) is 2.58. The summed E-state index contributed by atoms with van der Waals surface area (Å²) in [5, 5.41) is 10.5. The van der Waals surface area contributed by atoms with E-state index in [1.165, 1.54) is 54.7 Å². The van der Waals surface area contributed by atoms with Crippen LogP contribution in [0.25, 0.3) is 11.3 Å². The zero-order valence-corrected chi connectivity index (χ0v) is 20.5. The van der Waals surface area contributed by atoms with Crippen LogP contribution in [0.3, 0.4) is 0 Å². The summed E-state index contributed by atoms with van der Waals surface area (Å²) in [7, 11) is -0.699. The number of hydrogen-bond acceptors (Lipinski definition) is 4. The summed E-state index contributed by atoms with van der Waals surface area (Å²) in [6.45, 7) is 10.9. The number of hydrogen-bond donors (Lipinski definition) is 1. The minimum atomic E-state index is -0.699. The molecule has 0 spiro atoms. The SMILES string of the molecule is C=C(O)c1sc(C2=CCCCC2)cc1N(C(=C)C1CCC(C)CC1)C1CCS(=O)CC1. The van der Waals surface area contributed by atoms with Gasteiger partial charge in [-0.15, -0.1) is 11.3 Å². The second kappa shape index (κ2) is 10.1. The number of aliphatic hydroxyl groups excluding tert-OH is 1. The quantitative estimate of drug-likeness (QED) is 0.454. The highest BCUT2D eigenvalue weighted by Gasteiger charge is 2.33. The van der Waals surface area contributed by atoms with Crippen molar-refractivity contribution >= 4 is 39.2 Å². The Morgan fingerprint density at radius 1 is 1.13 bits per heavy atom. The van der Waals surface area contributed by atoms with Gasteiger partial charge in [0.2, 0.25) is 0 Å². The number of anilines is 1. The van der Waals surface area contributed by atoms with Gasteiger partial charge in [-0.3, -0.25) is 4.21 Å². The van der Waals surface area contributed by atoms with Gasteiger partial charge in [-0.1, -0.05) is 39.0 Å². The van der Waals surface area contributed by atoms with Crippen molar-refractivity contribution in [3.05, 3.63) is 40.8 Å². The lowest BCUT2D eigenvalue weighted by molar-refractivity contribution is 0.313. The van der Waals surface area contributed by atoms with Crippen LogP contribution in [0.1, 0.15) is 80.9 Å². The molecule has 3 aliphatic rings. The third kappa shape index (κ3) is 5.19. The first kappa shape index (κ1) is 22.8. The van der Waals surface area contributed by atoms with Crippen LogP contribution in [0.2, 0.25) is 0 Å². The van der Waals surface area contributed by atoms with E-state index in [-0.39, 0.29) is 5.76 Å². The minimum absolute atomic E-state index is 0.150. The van der Waals surface area contributed by atoms with Gasteiger partial charge in [0.1, 0.15) is 5.76 Å². The van der Waals surface area contributed by atoms with Crippen LogP contribution in [0.4, 0.5) is 5.69 Å². The van der Waals surface area contributed by atoms with E-state index in [0.717, 1.165) is 53.7 Å². The van der Waals surface area contributed by atoms with Crippen molar-refractivity contribution in [1.82, 2.24) is 0 Å². The number of allylic oxidation sites excluding steroid dienone is 3. The third-order valence-corrected chi connectivity index (χ3v) is 9.99. The molecule has 5 heteroatoms. The molecular formula is C26H37NO2S2. The second-order valence-corrected chi connectivity index (χ2v) is 12.4. The van der Waals surface area contributed by atoms with E-state index in [0.29, 0.717) is 12.0 Å². The smallest absolute Gasteiger partial charge is 0.127 e. The minimum Gasteiger partial charge on any atom is -0.507 e. The van der Waals surface area contributed by atoms with E-state index >= 15 is 0 Å². The zero-order chi connectivity index (χ0) is 22.0. The van der Waals surface area contributed by atoms with Gasteiger partial charge in [-0.2, -0.15) is 0 Å². The van der Waals surface area contributed by atoms with Gasteiger partial charge in [0.25, 0.3) is 0 Å². The van der Waals surface area contributed by atoms with E-state index in [4.69, 9.17) is 0 Å².